The first kappa shape index (κ1) is 12.6. The summed E-state index contributed by atoms with van der Waals surface area (Å²) < 4.78 is 0. The summed E-state index contributed by atoms with van der Waals surface area (Å²) in [5.41, 5.74) is 2.69. The molecule has 1 aromatic carbocycles. The van der Waals surface area contributed by atoms with Crippen molar-refractivity contribution in [1.29, 1.82) is 0 Å². The van der Waals surface area contributed by atoms with Gasteiger partial charge in [0.2, 0.25) is 0 Å². The first-order valence-corrected chi connectivity index (χ1v) is 7.34. The van der Waals surface area contributed by atoms with Gasteiger partial charge in [0.1, 0.15) is 0 Å². The van der Waals surface area contributed by atoms with Gasteiger partial charge < -0.3 is 5.32 Å². The number of pyridine rings is 1. The summed E-state index contributed by atoms with van der Waals surface area (Å²) in [5, 5.41) is 6.01. The Bertz CT molecular complexity index is 568. The van der Waals surface area contributed by atoms with E-state index in [1.165, 1.54) is 34.9 Å². The molecule has 1 aliphatic rings. The van der Waals surface area contributed by atoms with Crippen LogP contribution < -0.4 is 5.32 Å². The lowest BCUT2D eigenvalue weighted by molar-refractivity contribution is 0.453. The Morgan fingerprint density at radius 3 is 2.63 bits per heavy atom. The van der Waals surface area contributed by atoms with Crippen LogP contribution in [-0.4, -0.2) is 18.1 Å². The van der Waals surface area contributed by atoms with E-state index >= 15 is 0 Å². The molecule has 0 radical (unpaired) electrons. The van der Waals surface area contributed by atoms with Crippen LogP contribution in [0.15, 0.2) is 30.5 Å². The molecule has 2 heterocycles. The molecule has 0 bridgehead atoms. The third-order valence-corrected chi connectivity index (χ3v) is 4.19. The largest absolute Gasteiger partial charge is 0.317 e. The van der Waals surface area contributed by atoms with Crippen LogP contribution in [0.1, 0.15) is 49.8 Å². The van der Waals surface area contributed by atoms with Crippen molar-refractivity contribution in [3.8, 4) is 0 Å². The van der Waals surface area contributed by atoms with Crippen LogP contribution in [0, 0.1) is 0 Å². The van der Waals surface area contributed by atoms with Gasteiger partial charge in [-0.2, -0.15) is 0 Å². The van der Waals surface area contributed by atoms with E-state index in [4.69, 9.17) is 0 Å². The van der Waals surface area contributed by atoms with E-state index in [0.717, 1.165) is 13.1 Å². The zero-order valence-electron chi connectivity index (χ0n) is 11.8. The second-order valence-corrected chi connectivity index (χ2v) is 5.89. The molecule has 19 heavy (non-hydrogen) atoms. The van der Waals surface area contributed by atoms with Crippen LogP contribution in [0.2, 0.25) is 0 Å². The molecule has 3 rings (SSSR count). The summed E-state index contributed by atoms with van der Waals surface area (Å²) >= 11 is 0. The Labute approximate surface area is 115 Å². The van der Waals surface area contributed by atoms with Gasteiger partial charge >= 0.3 is 0 Å². The lowest BCUT2D eigenvalue weighted by atomic mass is 9.92. The molecule has 2 aromatic rings. The molecular formula is C17H22N2. The minimum absolute atomic E-state index is 0.583. The van der Waals surface area contributed by atoms with Crippen LogP contribution in [0.4, 0.5) is 0 Å². The summed E-state index contributed by atoms with van der Waals surface area (Å²) in [6.07, 6.45) is 4.46. The van der Waals surface area contributed by atoms with Crippen molar-refractivity contribution in [3.63, 3.8) is 0 Å². The Balaban J connectivity index is 1.98. The molecule has 1 N–H and O–H groups in total. The highest BCUT2D eigenvalue weighted by Gasteiger charge is 2.16. The van der Waals surface area contributed by atoms with E-state index < -0.39 is 0 Å². The zero-order chi connectivity index (χ0) is 13.2. The molecule has 0 aliphatic carbocycles. The van der Waals surface area contributed by atoms with E-state index in [1.807, 2.05) is 6.20 Å². The molecule has 1 fully saturated rings. The molecule has 0 saturated carbocycles. The van der Waals surface area contributed by atoms with Gasteiger partial charge in [0, 0.05) is 23.2 Å². The van der Waals surface area contributed by atoms with Gasteiger partial charge in [-0.1, -0.05) is 32.0 Å². The molecule has 1 aliphatic heterocycles. The number of piperidine rings is 1. The minimum Gasteiger partial charge on any atom is -0.317 e. The van der Waals surface area contributed by atoms with Gasteiger partial charge in [-0.3, -0.25) is 4.98 Å². The fourth-order valence-corrected chi connectivity index (χ4v) is 2.88. The number of benzene rings is 1. The second-order valence-electron chi connectivity index (χ2n) is 5.89. The lowest BCUT2D eigenvalue weighted by Crippen LogP contribution is -2.27. The molecule has 100 valence electrons. The minimum atomic E-state index is 0.583. The summed E-state index contributed by atoms with van der Waals surface area (Å²) in [4.78, 5) is 4.68. The van der Waals surface area contributed by atoms with Crippen molar-refractivity contribution in [1.82, 2.24) is 10.3 Å². The van der Waals surface area contributed by atoms with E-state index in [2.05, 4.69) is 48.4 Å². The van der Waals surface area contributed by atoms with E-state index in [9.17, 15) is 0 Å². The number of hydrogen-bond donors (Lipinski definition) is 1. The van der Waals surface area contributed by atoms with Crippen LogP contribution in [0.3, 0.4) is 0 Å². The molecule has 0 amide bonds. The number of aromatic nitrogens is 1. The third-order valence-electron chi connectivity index (χ3n) is 4.19. The van der Waals surface area contributed by atoms with Gasteiger partial charge in [0.05, 0.1) is 0 Å². The van der Waals surface area contributed by atoms with Crippen molar-refractivity contribution in [2.75, 3.05) is 13.1 Å². The first-order chi connectivity index (χ1) is 9.24. The number of hydrogen-bond acceptors (Lipinski definition) is 2. The molecular weight excluding hydrogens is 232 g/mol. The summed E-state index contributed by atoms with van der Waals surface area (Å²) in [6, 6.07) is 9.05. The predicted octanol–water partition coefficient (Wildman–Crippen LogP) is 3.83. The Morgan fingerprint density at radius 1 is 1.11 bits per heavy atom. The zero-order valence-corrected chi connectivity index (χ0v) is 11.8. The quantitative estimate of drug-likeness (QED) is 0.881. The monoisotopic (exact) mass is 254 g/mol. The fourth-order valence-electron chi connectivity index (χ4n) is 2.88. The Hall–Kier alpha value is -1.41. The highest BCUT2D eigenvalue weighted by molar-refractivity contribution is 5.82. The van der Waals surface area contributed by atoms with Crippen molar-refractivity contribution < 1.29 is 0 Å². The molecule has 1 saturated heterocycles. The topological polar surface area (TPSA) is 24.9 Å². The SMILES string of the molecule is CC(C)c1ccc2cnc(C3CCNCC3)cc2c1. The molecule has 0 atom stereocenters. The Morgan fingerprint density at radius 2 is 1.89 bits per heavy atom. The van der Waals surface area contributed by atoms with Crippen LogP contribution in [-0.2, 0) is 0 Å². The molecule has 0 spiro atoms. The molecule has 1 aromatic heterocycles. The third kappa shape index (κ3) is 2.64. The Kier molecular flexibility index (Phi) is 3.52. The number of nitrogens with zero attached hydrogens (tertiary/aromatic N) is 1. The average Bonchev–Trinajstić information content (AvgIpc) is 2.47. The van der Waals surface area contributed by atoms with Crippen molar-refractivity contribution in [2.45, 2.75) is 38.5 Å². The second kappa shape index (κ2) is 5.30. The van der Waals surface area contributed by atoms with Gasteiger partial charge in [0.15, 0.2) is 0 Å². The highest BCUT2D eigenvalue weighted by Crippen LogP contribution is 2.27. The number of fused-ring (bicyclic) bond motifs is 1. The maximum absolute atomic E-state index is 4.68. The standard InChI is InChI=1S/C17H22N2/c1-12(2)14-3-4-15-11-19-17(10-16(15)9-14)13-5-7-18-8-6-13/h3-4,9-13,18H,5-8H2,1-2H3. The number of nitrogens with one attached hydrogen (secondary N) is 1. The van der Waals surface area contributed by atoms with Gasteiger partial charge in [-0.15, -0.1) is 0 Å². The predicted molar refractivity (Wildman–Crippen MR) is 80.7 cm³/mol. The van der Waals surface area contributed by atoms with Gasteiger partial charge in [-0.05, 0) is 48.9 Å². The van der Waals surface area contributed by atoms with Crippen molar-refractivity contribution >= 4 is 10.8 Å². The van der Waals surface area contributed by atoms with Crippen molar-refractivity contribution in [2.24, 2.45) is 0 Å². The smallest absolute Gasteiger partial charge is 0.0441 e. The normalized spacial score (nSPS) is 17.2. The summed E-state index contributed by atoms with van der Waals surface area (Å²) in [7, 11) is 0. The maximum Gasteiger partial charge on any atom is 0.0441 e. The molecule has 2 heteroatoms. The lowest BCUT2D eigenvalue weighted by Gasteiger charge is -2.22. The first-order valence-electron chi connectivity index (χ1n) is 7.34. The molecule has 2 nitrogen and oxygen atoms in total. The summed E-state index contributed by atoms with van der Waals surface area (Å²) in [6.45, 7) is 6.74. The van der Waals surface area contributed by atoms with E-state index in [-0.39, 0.29) is 0 Å². The number of rotatable bonds is 2. The van der Waals surface area contributed by atoms with Gasteiger partial charge in [-0.25, -0.2) is 0 Å². The molecule has 0 unspecified atom stereocenters. The maximum atomic E-state index is 4.68. The fraction of sp³-hybridized carbons (Fsp3) is 0.471. The van der Waals surface area contributed by atoms with Crippen LogP contribution >= 0.6 is 0 Å². The van der Waals surface area contributed by atoms with Crippen LogP contribution in [0.25, 0.3) is 10.8 Å². The highest BCUT2D eigenvalue weighted by atomic mass is 14.9. The van der Waals surface area contributed by atoms with Crippen molar-refractivity contribution in [3.05, 3.63) is 41.7 Å². The summed E-state index contributed by atoms with van der Waals surface area (Å²) in [5.74, 6) is 1.22. The van der Waals surface area contributed by atoms with Crippen LogP contribution in [0.5, 0.6) is 0 Å². The van der Waals surface area contributed by atoms with E-state index in [0.29, 0.717) is 11.8 Å². The van der Waals surface area contributed by atoms with Gasteiger partial charge in [0.25, 0.3) is 0 Å². The van der Waals surface area contributed by atoms with E-state index in [1.54, 1.807) is 0 Å². The average molecular weight is 254 g/mol.